The van der Waals surface area contributed by atoms with Gasteiger partial charge in [0.2, 0.25) is 0 Å². The molecule has 2 rings (SSSR count). The number of nitrogens with zero attached hydrogens (tertiary/aromatic N) is 1. The van der Waals surface area contributed by atoms with Crippen molar-refractivity contribution in [3.63, 3.8) is 0 Å². The highest BCUT2D eigenvalue weighted by Crippen LogP contribution is 2.13. The number of rotatable bonds is 3. The summed E-state index contributed by atoms with van der Waals surface area (Å²) in [6.45, 7) is 1.32. The molecule has 0 spiro atoms. The van der Waals surface area contributed by atoms with Crippen LogP contribution >= 0.6 is 0 Å². The van der Waals surface area contributed by atoms with E-state index in [1.807, 2.05) is 0 Å². The molecule has 1 unspecified atom stereocenters. The predicted octanol–water partition coefficient (Wildman–Crippen LogP) is 0.642. The third kappa shape index (κ3) is 2.30. The number of carbonyl (C=O) groups excluding carboxylic acids is 1. The molecule has 0 radical (unpaired) electrons. The Kier molecular flexibility index (Phi) is 3.36. The zero-order valence-electron chi connectivity index (χ0n) is 9.19. The van der Waals surface area contributed by atoms with Crippen LogP contribution in [0.1, 0.15) is 16.8 Å². The summed E-state index contributed by atoms with van der Waals surface area (Å²) in [6, 6.07) is 1.90. The van der Waals surface area contributed by atoms with Crippen molar-refractivity contribution in [2.45, 2.75) is 12.5 Å². The van der Waals surface area contributed by atoms with Gasteiger partial charge in [0, 0.05) is 31.7 Å². The highest BCUT2D eigenvalue weighted by atomic mass is 16.5. The summed E-state index contributed by atoms with van der Waals surface area (Å²) >= 11 is 0. The molecule has 5 heteroatoms. The molecule has 1 aromatic rings. The molecule has 5 nitrogen and oxygen atoms in total. The number of carbonyl (C=O) groups is 1. The molecule has 1 aliphatic rings. The van der Waals surface area contributed by atoms with Crippen molar-refractivity contribution in [3.8, 4) is 0 Å². The first-order valence-electron chi connectivity index (χ1n) is 5.31. The molecule has 0 aliphatic carbocycles. The van der Waals surface area contributed by atoms with Crippen molar-refractivity contribution >= 4 is 11.6 Å². The first-order valence-corrected chi connectivity index (χ1v) is 5.31. The fourth-order valence-corrected chi connectivity index (χ4v) is 1.70. The summed E-state index contributed by atoms with van der Waals surface area (Å²) in [6.07, 6.45) is 4.10. The van der Waals surface area contributed by atoms with E-state index >= 15 is 0 Å². The number of anilines is 1. The minimum Gasteiger partial charge on any atom is -0.387 e. The van der Waals surface area contributed by atoms with Gasteiger partial charge in [0.05, 0.1) is 18.2 Å². The molecule has 0 bridgehead atoms. The van der Waals surface area contributed by atoms with E-state index in [2.05, 4.69) is 15.6 Å². The highest BCUT2D eigenvalue weighted by molar-refractivity contribution is 5.99. The Morgan fingerprint density at radius 3 is 3.19 bits per heavy atom. The van der Waals surface area contributed by atoms with Crippen molar-refractivity contribution < 1.29 is 9.53 Å². The molecule has 1 saturated heterocycles. The Morgan fingerprint density at radius 1 is 1.62 bits per heavy atom. The minimum absolute atomic E-state index is 0.104. The number of hydrogen-bond donors (Lipinski definition) is 2. The van der Waals surface area contributed by atoms with Gasteiger partial charge >= 0.3 is 0 Å². The van der Waals surface area contributed by atoms with E-state index < -0.39 is 0 Å². The number of aromatic nitrogens is 1. The largest absolute Gasteiger partial charge is 0.387 e. The summed E-state index contributed by atoms with van der Waals surface area (Å²) in [5.41, 5.74) is 1.35. The molecule has 86 valence electrons. The number of hydrogen-bond acceptors (Lipinski definition) is 4. The second-order valence-electron chi connectivity index (χ2n) is 3.71. The Labute approximate surface area is 94.2 Å². The number of pyridine rings is 1. The number of nitrogens with one attached hydrogen (secondary N) is 2. The van der Waals surface area contributed by atoms with E-state index in [0.29, 0.717) is 12.2 Å². The first kappa shape index (κ1) is 10.9. The molecule has 0 aromatic carbocycles. The fourth-order valence-electron chi connectivity index (χ4n) is 1.70. The molecular formula is C11H15N3O2. The van der Waals surface area contributed by atoms with Gasteiger partial charge < -0.3 is 15.4 Å². The SMILES string of the molecule is CNc1ccncc1C(=O)NC1CCOC1. The minimum atomic E-state index is -0.104. The van der Waals surface area contributed by atoms with Gasteiger partial charge in [0.15, 0.2) is 0 Å². The van der Waals surface area contributed by atoms with Crippen molar-refractivity contribution in [1.82, 2.24) is 10.3 Å². The second-order valence-corrected chi connectivity index (χ2v) is 3.71. The smallest absolute Gasteiger partial charge is 0.255 e. The Hall–Kier alpha value is -1.62. The van der Waals surface area contributed by atoms with Crippen LogP contribution in [0.15, 0.2) is 18.5 Å². The quantitative estimate of drug-likeness (QED) is 0.786. The summed E-state index contributed by atoms with van der Waals surface area (Å²) in [7, 11) is 1.78. The van der Waals surface area contributed by atoms with Gasteiger partial charge in [-0.1, -0.05) is 0 Å². The van der Waals surface area contributed by atoms with Crippen LogP contribution in [0, 0.1) is 0 Å². The van der Waals surface area contributed by atoms with E-state index in [-0.39, 0.29) is 11.9 Å². The lowest BCUT2D eigenvalue weighted by molar-refractivity contribution is 0.0930. The van der Waals surface area contributed by atoms with Crippen LogP contribution in [0.3, 0.4) is 0 Å². The van der Waals surface area contributed by atoms with Gasteiger partial charge in [0.25, 0.3) is 5.91 Å². The molecule has 2 heterocycles. The van der Waals surface area contributed by atoms with Crippen LogP contribution in [0.2, 0.25) is 0 Å². The highest BCUT2D eigenvalue weighted by Gasteiger charge is 2.19. The maximum Gasteiger partial charge on any atom is 0.255 e. The summed E-state index contributed by atoms with van der Waals surface area (Å²) < 4.78 is 5.20. The van der Waals surface area contributed by atoms with Crippen LogP contribution in [0.5, 0.6) is 0 Å². The van der Waals surface area contributed by atoms with Gasteiger partial charge in [-0.25, -0.2) is 0 Å². The van der Waals surface area contributed by atoms with E-state index in [4.69, 9.17) is 4.74 Å². The van der Waals surface area contributed by atoms with Gasteiger partial charge in [-0.15, -0.1) is 0 Å². The van der Waals surface area contributed by atoms with Crippen molar-refractivity contribution in [2.24, 2.45) is 0 Å². The molecular weight excluding hydrogens is 206 g/mol. The topological polar surface area (TPSA) is 63.2 Å². The average molecular weight is 221 g/mol. The summed E-state index contributed by atoms with van der Waals surface area (Å²) in [4.78, 5) is 15.9. The van der Waals surface area contributed by atoms with Gasteiger partial charge in [-0.05, 0) is 12.5 Å². The van der Waals surface area contributed by atoms with Crippen molar-refractivity contribution in [2.75, 3.05) is 25.6 Å². The molecule has 1 aliphatic heterocycles. The molecule has 1 amide bonds. The molecule has 1 atom stereocenters. The lowest BCUT2D eigenvalue weighted by Crippen LogP contribution is -2.35. The molecule has 16 heavy (non-hydrogen) atoms. The predicted molar refractivity (Wildman–Crippen MR) is 60.5 cm³/mol. The van der Waals surface area contributed by atoms with Crippen LogP contribution in [0.4, 0.5) is 5.69 Å². The van der Waals surface area contributed by atoms with E-state index in [1.165, 1.54) is 0 Å². The average Bonchev–Trinajstić information content (AvgIpc) is 2.81. The van der Waals surface area contributed by atoms with E-state index in [9.17, 15) is 4.79 Å². The lowest BCUT2D eigenvalue weighted by atomic mass is 10.2. The molecule has 0 saturated carbocycles. The lowest BCUT2D eigenvalue weighted by Gasteiger charge is -2.12. The fraction of sp³-hybridized carbons (Fsp3) is 0.455. The van der Waals surface area contributed by atoms with Gasteiger partial charge in [0.1, 0.15) is 0 Å². The summed E-state index contributed by atoms with van der Waals surface area (Å²) in [5, 5.41) is 5.90. The van der Waals surface area contributed by atoms with E-state index in [1.54, 1.807) is 25.5 Å². The number of amides is 1. The molecule has 1 fully saturated rings. The third-order valence-corrected chi connectivity index (χ3v) is 2.60. The number of ether oxygens (including phenoxy) is 1. The second kappa shape index (κ2) is 4.94. The first-order chi connectivity index (χ1) is 7.81. The Morgan fingerprint density at radius 2 is 2.50 bits per heavy atom. The summed E-state index contributed by atoms with van der Waals surface area (Å²) in [5.74, 6) is -0.104. The maximum absolute atomic E-state index is 11.9. The molecule has 2 N–H and O–H groups in total. The normalized spacial score (nSPS) is 19.4. The van der Waals surface area contributed by atoms with Crippen LogP contribution < -0.4 is 10.6 Å². The van der Waals surface area contributed by atoms with Crippen LogP contribution in [-0.2, 0) is 4.74 Å². The van der Waals surface area contributed by atoms with Gasteiger partial charge in [-0.2, -0.15) is 0 Å². The maximum atomic E-state index is 11.9. The Bertz CT molecular complexity index is 375. The zero-order valence-corrected chi connectivity index (χ0v) is 9.19. The van der Waals surface area contributed by atoms with Crippen molar-refractivity contribution in [3.05, 3.63) is 24.0 Å². The zero-order chi connectivity index (χ0) is 11.4. The van der Waals surface area contributed by atoms with E-state index in [0.717, 1.165) is 18.7 Å². The van der Waals surface area contributed by atoms with Crippen LogP contribution in [0.25, 0.3) is 0 Å². The Balaban J connectivity index is 2.07. The van der Waals surface area contributed by atoms with Crippen LogP contribution in [-0.4, -0.2) is 37.2 Å². The third-order valence-electron chi connectivity index (χ3n) is 2.60. The van der Waals surface area contributed by atoms with Gasteiger partial charge in [-0.3, -0.25) is 9.78 Å². The molecule has 1 aromatic heterocycles. The van der Waals surface area contributed by atoms with Crippen molar-refractivity contribution in [1.29, 1.82) is 0 Å². The monoisotopic (exact) mass is 221 g/mol. The standard InChI is InChI=1S/C11H15N3O2/c1-12-10-2-4-13-6-9(10)11(15)14-8-3-5-16-7-8/h2,4,6,8H,3,5,7H2,1H3,(H,12,13)(H,14,15).